The van der Waals surface area contributed by atoms with E-state index in [1.807, 2.05) is 43.3 Å². The summed E-state index contributed by atoms with van der Waals surface area (Å²) in [6.45, 7) is 0. The first-order valence-corrected chi connectivity index (χ1v) is 8.72. The lowest BCUT2D eigenvalue weighted by Crippen LogP contribution is -2.14. The number of amides is 1. The third-order valence-electron chi connectivity index (χ3n) is 3.33. The molecule has 2 aromatic carbocycles. The van der Waals surface area contributed by atoms with Crippen LogP contribution in [0.5, 0.6) is 0 Å². The summed E-state index contributed by atoms with van der Waals surface area (Å²) < 4.78 is 0.863. The zero-order valence-corrected chi connectivity index (χ0v) is 16.6. The van der Waals surface area contributed by atoms with E-state index in [2.05, 4.69) is 21.2 Å². The van der Waals surface area contributed by atoms with E-state index in [0.29, 0.717) is 10.7 Å². The van der Waals surface area contributed by atoms with Crippen LogP contribution in [0.4, 0.5) is 11.4 Å². The molecule has 2 rings (SSSR count). The highest BCUT2D eigenvalue weighted by atomic mass is 79.9. The van der Waals surface area contributed by atoms with Crippen molar-refractivity contribution in [3.05, 3.63) is 62.1 Å². The minimum Gasteiger partial charge on any atom is -0.377 e. The summed E-state index contributed by atoms with van der Waals surface area (Å²) in [5.74, 6) is -0.556. The lowest BCUT2D eigenvalue weighted by molar-refractivity contribution is -0.112. The smallest absolute Gasteiger partial charge is 0.266 e. The molecule has 0 aliphatic rings. The van der Waals surface area contributed by atoms with Gasteiger partial charge in [0, 0.05) is 18.6 Å². The number of hydrogen-bond acceptors (Lipinski definition) is 3. The maximum atomic E-state index is 12.3. The Morgan fingerprint density at radius 3 is 2.60 bits per heavy atom. The van der Waals surface area contributed by atoms with E-state index in [0.717, 1.165) is 15.7 Å². The van der Waals surface area contributed by atoms with Gasteiger partial charge in [-0.2, -0.15) is 5.26 Å². The zero-order valence-electron chi connectivity index (χ0n) is 13.5. The van der Waals surface area contributed by atoms with Gasteiger partial charge >= 0.3 is 0 Å². The van der Waals surface area contributed by atoms with Crippen molar-refractivity contribution in [1.82, 2.24) is 0 Å². The van der Waals surface area contributed by atoms with E-state index >= 15 is 0 Å². The predicted molar refractivity (Wildman–Crippen MR) is 107 cm³/mol. The lowest BCUT2D eigenvalue weighted by atomic mass is 10.1. The summed E-state index contributed by atoms with van der Waals surface area (Å²) in [5, 5.41) is 12.5. The van der Waals surface area contributed by atoms with Gasteiger partial charge < -0.3 is 10.2 Å². The number of benzene rings is 2. The highest BCUT2D eigenvalue weighted by Gasteiger charge is 2.13. The molecule has 0 atom stereocenters. The molecule has 1 N–H and O–H groups in total. The Morgan fingerprint density at radius 2 is 2.00 bits per heavy atom. The van der Waals surface area contributed by atoms with E-state index in [4.69, 9.17) is 23.2 Å². The standard InChI is InChI=1S/C18H14BrCl2N3O/c1-24(2)16-7-6-11(9-13(16)19)8-12(10-22)18(25)23-15-5-3-4-14(20)17(15)21/h3-9H,1-2H3,(H,23,25)/b12-8-. The van der Waals surface area contributed by atoms with Crippen LogP contribution >= 0.6 is 39.1 Å². The molecule has 0 unspecified atom stereocenters. The van der Waals surface area contributed by atoms with Crippen LogP contribution in [0.3, 0.4) is 0 Å². The summed E-state index contributed by atoms with van der Waals surface area (Å²) >= 11 is 15.5. The predicted octanol–water partition coefficient (Wildman–Crippen LogP) is 5.37. The number of nitrogens with one attached hydrogen (secondary N) is 1. The maximum absolute atomic E-state index is 12.3. The van der Waals surface area contributed by atoms with Crippen LogP contribution in [0.15, 0.2) is 46.4 Å². The second kappa shape index (κ2) is 8.39. The second-order valence-corrected chi connectivity index (χ2v) is 6.97. The van der Waals surface area contributed by atoms with Crippen LogP contribution in [0.1, 0.15) is 5.56 Å². The topological polar surface area (TPSA) is 56.1 Å². The highest BCUT2D eigenvalue weighted by molar-refractivity contribution is 9.10. The number of anilines is 2. The molecule has 1 amide bonds. The Morgan fingerprint density at radius 1 is 1.28 bits per heavy atom. The van der Waals surface area contributed by atoms with Crippen molar-refractivity contribution in [2.24, 2.45) is 0 Å². The quantitative estimate of drug-likeness (QED) is 0.515. The first-order valence-electron chi connectivity index (χ1n) is 7.17. The molecule has 0 aromatic heterocycles. The molecule has 4 nitrogen and oxygen atoms in total. The third kappa shape index (κ3) is 4.76. The van der Waals surface area contributed by atoms with E-state index in [1.54, 1.807) is 18.2 Å². The Hall–Kier alpha value is -2.00. The van der Waals surface area contributed by atoms with Crippen molar-refractivity contribution in [3.8, 4) is 6.07 Å². The van der Waals surface area contributed by atoms with Crippen LogP contribution in [0.25, 0.3) is 6.08 Å². The van der Waals surface area contributed by atoms with E-state index in [9.17, 15) is 10.1 Å². The van der Waals surface area contributed by atoms with Crippen molar-refractivity contribution in [1.29, 1.82) is 5.26 Å². The molecular weight excluding hydrogens is 425 g/mol. The molecule has 128 valence electrons. The maximum Gasteiger partial charge on any atom is 0.266 e. The number of nitrogens with zero attached hydrogens (tertiary/aromatic N) is 2. The van der Waals surface area contributed by atoms with Crippen molar-refractivity contribution in [2.45, 2.75) is 0 Å². The fourth-order valence-corrected chi connectivity index (χ4v) is 3.18. The molecule has 0 aliphatic carbocycles. The van der Waals surface area contributed by atoms with Crippen LogP contribution in [0.2, 0.25) is 10.0 Å². The van der Waals surface area contributed by atoms with Crippen molar-refractivity contribution < 1.29 is 4.79 Å². The van der Waals surface area contributed by atoms with Crippen LogP contribution in [-0.4, -0.2) is 20.0 Å². The van der Waals surface area contributed by atoms with Crippen molar-refractivity contribution in [3.63, 3.8) is 0 Å². The highest BCUT2D eigenvalue weighted by Crippen LogP contribution is 2.30. The van der Waals surface area contributed by atoms with Gasteiger partial charge in [-0.05, 0) is 51.8 Å². The van der Waals surface area contributed by atoms with Crippen molar-refractivity contribution >= 4 is 62.5 Å². The third-order valence-corrected chi connectivity index (χ3v) is 4.78. The summed E-state index contributed by atoms with van der Waals surface area (Å²) in [6.07, 6.45) is 1.51. The summed E-state index contributed by atoms with van der Waals surface area (Å²) in [6, 6.07) is 12.4. The van der Waals surface area contributed by atoms with Crippen molar-refractivity contribution in [2.75, 3.05) is 24.3 Å². The van der Waals surface area contributed by atoms with Crippen LogP contribution in [-0.2, 0) is 4.79 Å². The average Bonchev–Trinajstić information content (AvgIpc) is 2.56. The summed E-state index contributed by atoms with van der Waals surface area (Å²) in [7, 11) is 3.86. The molecule has 0 heterocycles. The molecule has 0 spiro atoms. The largest absolute Gasteiger partial charge is 0.377 e. The molecule has 0 saturated heterocycles. The molecule has 2 aromatic rings. The first kappa shape index (κ1) is 19.3. The molecule has 7 heteroatoms. The summed E-state index contributed by atoms with van der Waals surface area (Å²) in [5.41, 5.74) is 2.03. The Balaban J connectivity index is 2.28. The molecule has 0 radical (unpaired) electrons. The van der Waals surface area contributed by atoms with E-state index in [-0.39, 0.29) is 10.6 Å². The van der Waals surface area contributed by atoms with Gasteiger partial charge in [0.2, 0.25) is 0 Å². The average molecular weight is 439 g/mol. The van der Waals surface area contributed by atoms with Gasteiger partial charge in [-0.1, -0.05) is 35.3 Å². The van der Waals surface area contributed by atoms with Crippen LogP contribution < -0.4 is 10.2 Å². The zero-order chi connectivity index (χ0) is 18.6. The minimum atomic E-state index is -0.556. The monoisotopic (exact) mass is 437 g/mol. The number of carbonyl (C=O) groups is 1. The number of halogens is 3. The van der Waals surface area contributed by atoms with E-state index < -0.39 is 5.91 Å². The van der Waals surface area contributed by atoms with E-state index in [1.165, 1.54) is 6.08 Å². The lowest BCUT2D eigenvalue weighted by Gasteiger charge is -2.14. The Bertz CT molecular complexity index is 888. The Labute approximate surface area is 164 Å². The molecule has 0 bridgehead atoms. The fraction of sp³-hybridized carbons (Fsp3) is 0.111. The normalized spacial score (nSPS) is 11.0. The number of hydrogen-bond donors (Lipinski definition) is 1. The van der Waals surface area contributed by atoms with Gasteiger partial charge in [-0.15, -0.1) is 0 Å². The molecule has 0 saturated carbocycles. The van der Waals surface area contributed by atoms with Gasteiger partial charge in [-0.3, -0.25) is 4.79 Å². The molecule has 25 heavy (non-hydrogen) atoms. The Kier molecular flexibility index (Phi) is 6.49. The van der Waals surface area contributed by atoms with Crippen LogP contribution in [0, 0.1) is 11.3 Å². The second-order valence-electron chi connectivity index (χ2n) is 5.33. The number of nitriles is 1. The van der Waals surface area contributed by atoms with Gasteiger partial charge in [-0.25, -0.2) is 0 Å². The first-order chi connectivity index (χ1) is 11.8. The van der Waals surface area contributed by atoms with Gasteiger partial charge in [0.15, 0.2) is 0 Å². The van der Waals surface area contributed by atoms with Gasteiger partial charge in [0.25, 0.3) is 5.91 Å². The fourth-order valence-electron chi connectivity index (χ4n) is 2.08. The molecular formula is C18H14BrCl2N3O. The number of rotatable bonds is 4. The molecule has 0 fully saturated rings. The summed E-state index contributed by atoms with van der Waals surface area (Å²) in [4.78, 5) is 14.3. The van der Waals surface area contributed by atoms with Gasteiger partial charge in [0.1, 0.15) is 11.6 Å². The van der Waals surface area contributed by atoms with Gasteiger partial charge in [0.05, 0.1) is 21.4 Å². The number of carbonyl (C=O) groups excluding carboxylic acids is 1. The SMILES string of the molecule is CN(C)c1ccc(/C=C(/C#N)C(=O)Nc2cccc(Cl)c2Cl)cc1Br. The minimum absolute atomic E-state index is 0.0412. The molecule has 0 aliphatic heterocycles.